The molecule has 0 radical (unpaired) electrons. The summed E-state index contributed by atoms with van der Waals surface area (Å²) >= 11 is 0. The van der Waals surface area contributed by atoms with Crippen molar-refractivity contribution in [2.24, 2.45) is 0 Å². The molecule has 0 unspecified atom stereocenters. The second-order valence-electron chi connectivity index (χ2n) is 14.4. The molecule has 0 saturated carbocycles. The van der Waals surface area contributed by atoms with E-state index < -0.39 is 0 Å². The van der Waals surface area contributed by atoms with Crippen LogP contribution in [0.3, 0.4) is 0 Å². The molecule has 6 heteroatoms. The summed E-state index contributed by atoms with van der Waals surface area (Å²) in [5.41, 5.74) is 10.6. The van der Waals surface area contributed by atoms with Gasteiger partial charge in [-0.25, -0.2) is 15.0 Å². The maximum atomic E-state index is 6.59. The summed E-state index contributed by atoms with van der Waals surface area (Å²) in [4.78, 5) is 16.2. The van der Waals surface area contributed by atoms with E-state index in [9.17, 15) is 0 Å². The lowest BCUT2D eigenvalue weighted by atomic mass is 10.1. The third-order valence-corrected chi connectivity index (χ3v) is 11.2. The Morgan fingerprint density at radius 3 is 1.26 bits per heavy atom. The third kappa shape index (κ3) is 4.74. The first kappa shape index (κ1) is 31.5. The van der Waals surface area contributed by atoms with Gasteiger partial charge in [0.1, 0.15) is 11.2 Å². The average Bonchev–Trinajstić information content (AvgIpc) is 3.95. The highest BCUT2D eigenvalue weighted by atomic mass is 16.3. The van der Waals surface area contributed by atoms with Crippen LogP contribution in [0.25, 0.3) is 111 Å². The van der Waals surface area contributed by atoms with E-state index in [0.717, 1.165) is 93.6 Å². The van der Waals surface area contributed by atoms with Gasteiger partial charge in [0, 0.05) is 54.8 Å². The Morgan fingerprint density at radius 2 is 0.719 bits per heavy atom. The molecule has 0 bridgehead atoms. The zero-order valence-corrected chi connectivity index (χ0v) is 30.5. The van der Waals surface area contributed by atoms with Gasteiger partial charge in [0.25, 0.3) is 0 Å². The van der Waals surface area contributed by atoms with Crippen LogP contribution in [0.1, 0.15) is 0 Å². The Labute approximate surface area is 326 Å². The topological polar surface area (TPSA) is 61.7 Å². The number of para-hydroxylation sites is 8. The summed E-state index contributed by atoms with van der Waals surface area (Å²) in [6, 6.07) is 65.4. The number of hydrogen-bond acceptors (Lipinski definition) is 4. The van der Waals surface area contributed by atoms with E-state index in [1.54, 1.807) is 0 Å². The molecule has 0 atom stereocenters. The van der Waals surface area contributed by atoms with Crippen LogP contribution < -0.4 is 0 Å². The molecule has 0 aliphatic carbocycles. The first-order chi connectivity index (χ1) is 28.3. The number of benzene rings is 8. The van der Waals surface area contributed by atoms with Crippen molar-refractivity contribution in [1.29, 1.82) is 0 Å². The van der Waals surface area contributed by atoms with Gasteiger partial charge in [-0.15, -0.1) is 0 Å². The van der Waals surface area contributed by atoms with E-state index >= 15 is 0 Å². The fourth-order valence-electron chi connectivity index (χ4n) is 8.75. The normalized spacial score (nSPS) is 11.9. The van der Waals surface area contributed by atoms with Gasteiger partial charge in [0.2, 0.25) is 0 Å². The number of rotatable bonds is 5. The lowest BCUT2D eigenvalue weighted by molar-refractivity contribution is 0.669. The molecule has 0 aliphatic rings. The molecule has 6 nitrogen and oxygen atoms in total. The molecule has 0 N–H and O–H groups in total. The summed E-state index contributed by atoms with van der Waals surface area (Å²) < 4.78 is 11.3. The molecular formula is C51H31N5O. The molecule has 12 rings (SSSR count). The molecule has 57 heavy (non-hydrogen) atoms. The predicted molar refractivity (Wildman–Crippen MR) is 232 cm³/mol. The lowest BCUT2D eigenvalue weighted by Crippen LogP contribution is -2.03. The fourth-order valence-corrected chi connectivity index (χ4v) is 8.75. The largest absolute Gasteiger partial charge is 0.455 e. The van der Waals surface area contributed by atoms with Gasteiger partial charge in [0.15, 0.2) is 17.5 Å². The van der Waals surface area contributed by atoms with Crippen molar-refractivity contribution < 1.29 is 4.42 Å². The van der Waals surface area contributed by atoms with Gasteiger partial charge in [-0.1, -0.05) is 127 Å². The van der Waals surface area contributed by atoms with Gasteiger partial charge in [-0.05, 0) is 60.7 Å². The molecule has 0 saturated heterocycles. The average molecular weight is 730 g/mol. The quantitative estimate of drug-likeness (QED) is 0.177. The highest BCUT2D eigenvalue weighted by Gasteiger charge is 2.24. The highest BCUT2D eigenvalue weighted by Crippen LogP contribution is 2.42. The van der Waals surface area contributed by atoms with Crippen molar-refractivity contribution in [3.05, 3.63) is 188 Å². The van der Waals surface area contributed by atoms with Crippen molar-refractivity contribution >= 4 is 65.6 Å². The molecule has 12 aromatic rings. The van der Waals surface area contributed by atoms with Crippen LogP contribution in [-0.2, 0) is 0 Å². The first-order valence-electron chi connectivity index (χ1n) is 19.1. The fraction of sp³-hybridized carbons (Fsp3) is 0. The maximum Gasteiger partial charge on any atom is 0.167 e. The molecular weight excluding hydrogens is 699 g/mol. The minimum atomic E-state index is 0.540. The second-order valence-corrected chi connectivity index (χ2v) is 14.4. The number of hydrogen-bond donors (Lipinski definition) is 0. The minimum absolute atomic E-state index is 0.540. The molecule has 0 aliphatic heterocycles. The SMILES string of the molecule is c1ccc(-n2c3ccccc3c3cccc(-c4nc(-c5cccc6c5oc5ccccc56)nc(-c5cccc6c7ccccc7n(-c7ccccc7)c56)n4)c32)cc1. The van der Waals surface area contributed by atoms with E-state index in [4.69, 9.17) is 19.4 Å². The van der Waals surface area contributed by atoms with Crippen molar-refractivity contribution in [3.8, 4) is 45.5 Å². The molecule has 4 aromatic heterocycles. The van der Waals surface area contributed by atoms with Crippen molar-refractivity contribution in [3.63, 3.8) is 0 Å². The monoisotopic (exact) mass is 729 g/mol. The zero-order valence-electron chi connectivity index (χ0n) is 30.5. The number of furan rings is 1. The van der Waals surface area contributed by atoms with Gasteiger partial charge in [-0.3, -0.25) is 0 Å². The Hall–Kier alpha value is -7.83. The number of nitrogens with zero attached hydrogens (tertiary/aromatic N) is 5. The van der Waals surface area contributed by atoms with Crippen LogP contribution in [0, 0.1) is 0 Å². The van der Waals surface area contributed by atoms with Crippen LogP contribution in [0.5, 0.6) is 0 Å². The smallest absolute Gasteiger partial charge is 0.167 e. The lowest BCUT2D eigenvalue weighted by Gasteiger charge is -2.14. The molecule has 266 valence electrons. The van der Waals surface area contributed by atoms with E-state index in [1.165, 1.54) is 0 Å². The summed E-state index contributed by atoms with van der Waals surface area (Å²) in [7, 11) is 0. The van der Waals surface area contributed by atoms with Crippen LogP contribution in [0.15, 0.2) is 192 Å². The van der Waals surface area contributed by atoms with E-state index in [0.29, 0.717) is 17.5 Å². The van der Waals surface area contributed by atoms with Crippen molar-refractivity contribution in [2.45, 2.75) is 0 Å². The van der Waals surface area contributed by atoms with Crippen LogP contribution in [0.2, 0.25) is 0 Å². The van der Waals surface area contributed by atoms with Crippen LogP contribution >= 0.6 is 0 Å². The molecule has 4 heterocycles. The standard InChI is InChI=1S/C51H31N5O/c1-3-16-32(17-4-1)55-43-29-10-7-20-34(43)37-23-13-26-40(46(37)55)49-52-50(54-51(53-49)42-28-15-25-39-36-22-9-12-31-45(36)57-48(39)42)41-27-14-24-38-35-21-8-11-30-44(35)56(47(38)41)33-18-5-2-6-19-33/h1-31H. The summed E-state index contributed by atoms with van der Waals surface area (Å²) in [6.45, 7) is 0. The third-order valence-electron chi connectivity index (χ3n) is 11.2. The highest BCUT2D eigenvalue weighted by molar-refractivity contribution is 6.15. The Balaban J connectivity index is 1.21. The van der Waals surface area contributed by atoms with Crippen molar-refractivity contribution in [2.75, 3.05) is 0 Å². The molecule has 0 spiro atoms. The van der Waals surface area contributed by atoms with Gasteiger partial charge >= 0.3 is 0 Å². The summed E-state index contributed by atoms with van der Waals surface area (Å²) in [5, 5.41) is 6.65. The number of fused-ring (bicyclic) bond motifs is 9. The zero-order chi connectivity index (χ0) is 37.5. The Kier molecular flexibility index (Phi) is 6.83. The maximum absolute atomic E-state index is 6.59. The number of aromatic nitrogens is 5. The second kappa shape index (κ2) is 12.3. The van der Waals surface area contributed by atoms with Crippen LogP contribution in [-0.4, -0.2) is 24.1 Å². The predicted octanol–water partition coefficient (Wildman–Crippen LogP) is 13.0. The van der Waals surface area contributed by atoms with E-state index in [1.807, 2.05) is 18.2 Å². The Morgan fingerprint density at radius 1 is 0.316 bits per heavy atom. The Bertz CT molecular complexity index is 3350. The van der Waals surface area contributed by atoms with Crippen molar-refractivity contribution in [1.82, 2.24) is 24.1 Å². The van der Waals surface area contributed by atoms with Gasteiger partial charge < -0.3 is 13.6 Å². The van der Waals surface area contributed by atoms with Gasteiger partial charge in [-0.2, -0.15) is 0 Å². The minimum Gasteiger partial charge on any atom is -0.455 e. The molecule has 8 aromatic carbocycles. The van der Waals surface area contributed by atoms with E-state index in [2.05, 4.69) is 179 Å². The summed E-state index contributed by atoms with van der Waals surface area (Å²) in [6.07, 6.45) is 0. The molecule has 0 fully saturated rings. The van der Waals surface area contributed by atoms with E-state index in [-0.39, 0.29) is 0 Å². The van der Waals surface area contributed by atoms with Gasteiger partial charge in [0.05, 0.1) is 27.6 Å². The molecule has 0 amide bonds. The van der Waals surface area contributed by atoms with Crippen LogP contribution in [0.4, 0.5) is 0 Å². The first-order valence-corrected chi connectivity index (χ1v) is 19.1. The summed E-state index contributed by atoms with van der Waals surface area (Å²) in [5.74, 6) is 1.69.